The molecule has 0 unspecified atom stereocenters. The molecule has 26 heavy (non-hydrogen) atoms. The van der Waals surface area contributed by atoms with E-state index in [0.29, 0.717) is 23.0 Å². The number of nitrogens with zero attached hydrogens (tertiary/aromatic N) is 2. The summed E-state index contributed by atoms with van der Waals surface area (Å²) < 4.78 is 40.5. The van der Waals surface area contributed by atoms with Crippen molar-refractivity contribution in [1.82, 2.24) is 9.78 Å². The van der Waals surface area contributed by atoms with Gasteiger partial charge in [0.05, 0.1) is 11.9 Å². The van der Waals surface area contributed by atoms with Crippen molar-refractivity contribution < 1.29 is 27.9 Å². The van der Waals surface area contributed by atoms with Gasteiger partial charge in [-0.2, -0.15) is 18.3 Å². The molecule has 0 atom stereocenters. The van der Waals surface area contributed by atoms with E-state index in [1.807, 2.05) is 6.92 Å². The second-order valence-corrected chi connectivity index (χ2v) is 6.26. The number of aromatic nitrogens is 2. The molecular formula is C17H16F3N3O3. The van der Waals surface area contributed by atoms with Gasteiger partial charge in [0.15, 0.2) is 5.69 Å². The van der Waals surface area contributed by atoms with Crippen molar-refractivity contribution in [3.8, 4) is 5.69 Å². The number of halogens is 3. The standard InChI is InChI=1S/C17H16F3N3O3/c1-2-16(6-7-16)15(26)22-10-4-3-5-11(8-10)23-13(17(18,19)20)12(9-21-23)14(24)25/h3-5,8-9H,2,6-7H2,1H3,(H,22,26)(H,24,25). The summed E-state index contributed by atoms with van der Waals surface area (Å²) in [6.45, 7) is 1.91. The average Bonchev–Trinajstić information content (AvgIpc) is 3.23. The molecule has 6 nitrogen and oxygen atoms in total. The van der Waals surface area contributed by atoms with E-state index in [1.54, 1.807) is 6.07 Å². The minimum Gasteiger partial charge on any atom is -0.478 e. The van der Waals surface area contributed by atoms with Crippen LogP contribution in [0.5, 0.6) is 0 Å². The van der Waals surface area contributed by atoms with Crippen LogP contribution < -0.4 is 5.32 Å². The Labute approximate surface area is 146 Å². The van der Waals surface area contributed by atoms with Crippen molar-refractivity contribution in [2.24, 2.45) is 5.41 Å². The third kappa shape index (κ3) is 3.16. The lowest BCUT2D eigenvalue weighted by Gasteiger charge is -2.15. The number of aromatic carboxylic acids is 1. The first-order valence-corrected chi connectivity index (χ1v) is 7.98. The van der Waals surface area contributed by atoms with Crippen molar-refractivity contribution in [2.45, 2.75) is 32.4 Å². The summed E-state index contributed by atoms with van der Waals surface area (Å²) in [7, 11) is 0. The van der Waals surface area contributed by atoms with Gasteiger partial charge in [0.2, 0.25) is 5.91 Å². The summed E-state index contributed by atoms with van der Waals surface area (Å²) in [5.74, 6) is -1.88. The fourth-order valence-corrected chi connectivity index (χ4v) is 2.84. The molecule has 0 aliphatic heterocycles. The lowest BCUT2D eigenvalue weighted by molar-refractivity contribution is -0.143. The Kier molecular flexibility index (Phi) is 4.25. The number of alkyl halides is 3. The van der Waals surface area contributed by atoms with E-state index in [1.165, 1.54) is 18.2 Å². The van der Waals surface area contributed by atoms with Crippen molar-refractivity contribution in [1.29, 1.82) is 0 Å². The first kappa shape index (κ1) is 18.0. The number of rotatable bonds is 5. The lowest BCUT2D eigenvalue weighted by Crippen LogP contribution is -2.23. The van der Waals surface area contributed by atoms with E-state index in [9.17, 15) is 22.8 Å². The van der Waals surface area contributed by atoms with Gasteiger partial charge in [0.25, 0.3) is 0 Å². The Balaban J connectivity index is 1.96. The molecule has 3 rings (SSSR count). The maximum absolute atomic E-state index is 13.3. The highest BCUT2D eigenvalue weighted by molar-refractivity contribution is 5.97. The molecule has 1 saturated carbocycles. The van der Waals surface area contributed by atoms with Crippen LogP contribution in [0.2, 0.25) is 0 Å². The maximum atomic E-state index is 13.3. The second kappa shape index (κ2) is 6.15. The fourth-order valence-electron chi connectivity index (χ4n) is 2.84. The van der Waals surface area contributed by atoms with E-state index in [0.717, 1.165) is 12.8 Å². The third-order valence-corrected chi connectivity index (χ3v) is 4.63. The van der Waals surface area contributed by atoms with Gasteiger partial charge in [-0.1, -0.05) is 13.0 Å². The van der Waals surface area contributed by atoms with Crippen LogP contribution in [-0.4, -0.2) is 26.8 Å². The van der Waals surface area contributed by atoms with Gasteiger partial charge < -0.3 is 10.4 Å². The molecular weight excluding hydrogens is 351 g/mol. The summed E-state index contributed by atoms with van der Waals surface area (Å²) >= 11 is 0. The molecule has 0 radical (unpaired) electrons. The molecule has 2 N–H and O–H groups in total. The average molecular weight is 367 g/mol. The van der Waals surface area contributed by atoms with Crippen LogP contribution in [0.1, 0.15) is 42.2 Å². The lowest BCUT2D eigenvalue weighted by atomic mass is 10.0. The second-order valence-electron chi connectivity index (χ2n) is 6.26. The number of hydrogen-bond acceptors (Lipinski definition) is 3. The molecule has 0 spiro atoms. The van der Waals surface area contributed by atoms with Gasteiger partial charge in [-0.05, 0) is 37.5 Å². The zero-order valence-corrected chi connectivity index (χ0v) is 13.8. The molecule has 138 valence electrons. The number of carboxylic acids is 1. The first-order valence-electron chi connectivity index (χ1n) is 7.98. The smallest absolute Gasteiger partial charge is 0.434 e. The summed E-state index contributed by atoms with van der Waals surface area (Å²) in [5.41, 5.74) is -2.37. The van der Waals surface area contributed by atoms with Crippen LogP contribution in [0.3, 0.4) is 0 Å². The van der Waals surface area contributed by atoms with Crippen LogP contribution in [0, 0.1) is 5.41 Å². The summed E-state index contributed by atoms with van der Waals surface area (Å²) in [6, 6.07) is 5.72. The highest BCUT2D eigenvalue weighted by Gasteiger charge is 2.48. The van der Waals surface area contributed by atoms with Gasteiger partial charge in [-0.3, -0.25) is 4.79 Å². The molecule has 2 aromatic rings. The molecule has 1 heterocycles. The van der Waals surface area contributed by atoms with E-state index in [-0.39, 0.29) is 11.6 Å². The quantitative estimate of drug-likeness (QED) is 0.844. The Morgan fingerprint density at radius 1 is 1.35 bits per heavy atom. The molecule has 0 saturated heterocycles. The van der Waals surface area contributed by atoms with Crippen molar-refractivity contribution in [3.63, 3.8) is 0 Å². The van der Waals surface area contributed by atoms with Crippen molar-refractivity contribution >= 4 is 17.6 Å². The highest BCUT2D eigenvalue weighted by atomic mass is 19.4. The number of anilines is 1. The molecule has 1 aromatic heterocycles. The van der Waals surface area contributed by atoms with Crippen LogP contribution in [0.25, 0.3) is 5.69 Å². The van der Waals surface area contributed by atoms with E-state index >= 15 is 0 Å². The summed E-state index contributed by atoms with van der Waals surface area (Å²) in [4.78, 5) is 23.4. The molecule has 1 amide bonds. The Morgan fingerprint density at radius 2 is 2.04 bits per heavy atom. The van der Waals surface area contributed by atoms with E-state index in [4.69, 9.17) is 5.11 Å². The minimum atomic E-state index is -4.90. The number of carboxylic acid groups (broad SMARTS) is 1. The fraction of sp³-hybridized carbons (Fsp3) is 0.353. The normalized spacial score (nSPS) is 15.5. The Bertz CT molecular complexity index is 870. The van der Waals surface area contributed by atoms with Gasteiger partial charge in [-0.15, -0.1) is 0 Å². The minimum absolute atomic E-state index is 0.00368. The molecule has 1 aromatic carbocycles. The summed E-state index contributed by atoms with van der Waals surface area (Å²) in [6.07, 6.45) is -1.98. The Morgan fingerprint density at radius 3 is 2.58 bits per heavy atom. The van der Waals surface area contributed by atoms with Crippen molar-refractivity contribution in [3.05, 3.63) is 41.7 Å². The summed E-state index contributed by atoms with van der Waals surface area (Å²) in [5, 5.41) is 15.3. The van der Waals surface area contributed by atoms with Gasteiger partial charge in [-0.25, -0.2) is 9.48 Å². The van der Waals surface area contributed by atoms with E-state index in [2.05, 4.69) is 10.4 Å². The molecule has 1 aliphatic carbocycles. The van der Waals surface area contributed by atoms with Gasteiger partial charge >= 0.3 is 12.1 Å². The molecule has 9 heteroatoms. The van der Waals surface area contributed by atoms with E-state index < -0.39 is 28.8 Å². The Hall–Kier alpha value is -2.84. The first-order chi connectivity index (χ1) is 12.2. The van der Waals surface area contributed by atoms with Crippen LogP contribution >= 0.6 is 0 Å². The highest BCUT2D eigenvalue weighted by Crippen LogP contribution is 2.49. The molecule has 1 fully saturated rings. The van der Waals surface area contributed by atoms with Crippen LogP contribution in [0.4, 0.5) is 18.9 Å². The predicted molar refractivity (Wildman–Crippen MR) is 86.1 cm³/mol. The maximum Gasteiger partial charge on any atom is 0.434 e. The molecule has 0 bridgehead atoms. The van der Waals surface area contributed by atoms with Crippen LogP contribution in [0.15, 0.2) is 30.5 Å². The number of carbonyl (C=O) groups excluding carboxylic acids is 1. The number of nitrogens with one attached hydrogen (secondary N) is 1. The number of hydrogen-bond donors (Lipinski definition) is 2. The monoisotopic (exact) mass is 367 g/mol. The zero-order valence-electron chi connectivity index (χ0n) is 13.8. The van der Waals surface area contributed by atoms with Gasteiger partial charge in [0, 0.05) is 11.1 Å². The number of benzene rings is 1. The number of carbonyl (C=O) groups is 2. The van der Waals surface area contributed by atoms with Crippen molar-refractivity contribution in [2.75, 3.05) is 5.32 Å². The third-order valence-electron chi connectivity index (χ3n) is 4.63. The SMILES string of the molecule is CCC1(C(=O)Nc2cccc(-n3ncc(C(=O)O)c3C(F)(F)F)c2)CC1. The zero-order chi connectivity index (χ0) is 19.1. The predicted octanol–water partition coefficient (Wildman–Crippen LogP) is 3.72. The topological polar surface area (TPSA) is 84.2 Å². The molecule has 1 aliphatic rings. The van der Waals surface area contributed by atoms with Gasteiger partial charge in [0.1, 0.15) is 5.56 Å². The number of amides is 1. The largest absolute Gasteiger partial charge is 0.478 e. The van der Waals surface area contributed by atoms with Crippen LogP contribution in [-0.2, 0) is 11.0 Å².